The Labute approximate surface area is 137 Å². The maximum absolute atomic E-state index is 12.5. The number of urea groups is 1. The van der Waals surface area contributed by atoms with Crippen molar-refractivity contribution in [1.29, 1.82) is 0 Å². The third-order valence-electron chi connectivity index (χ3n) is 3.16. The van der Waals surface area contributed by atoms with Gasteiger partial charge in [0.2, 0.25) is 0 Å². The molecule has 1 N–H and O–H groups in total. The van der Waals surface area contributed by atoms with Crippen molar-refractivity contribution in [3.63, 3.8) is 0 Å². The van der Waals surface area contributed by atoms with Crippen LogP contribution in [0.2, 0.25) is 0 Å². The summed E-state index contributed by atoms with van der Waals surface area (Å²) in [5.74, 6) is 0.779. The van der Waals surface area contributed by atoms with E-state index in [1.807, 2.05) is 41.1 Å². The Morgan fingerprint density at radius 2 is 2.14 bits per heavy atom. The molecule has 0 aliphatic heterocycles. The number of rotatable bonds is 6. The molecule has 0 aromatic carbocycles. The van der Waals surface area contributed by atoms with Crippen LogP contribution in [0.3, 0.4) is 0 Å². The fourth-order valence-electron chi connectivity index (χ4n) is 2.08. The van der Waals surface area contributed by atoms with E-state index in [2.05, 4.69) is 10.7 Å². The number of furan rings is 1. The third kappa shape index (κ3) is 3.99. The zero-order valence-electron chi connectivity index (χ0n) is 11.9. The molecule has 4 nitrogen and oxygen atoms in total. The molecule has 2 amide bonds. The predicted molar refractivity (Wildman–Crippen MR) is 88.8 cm³/mol. The van der Waals surface area contributed by atoms with Gasteiger partial charge >= 0.3 is 6.03 Å². The lowest BCUT2D eigenvalue weighted by Crippen LogP contribution is -2.38. The highest BCUT2D eigenvalue weighted by molar-refractivity contribution is 7.09. The summed E-state index contributed by atoms with van der Waals surface area (Å²) in [5.41, 5.74) is 1.13. The molecule has 6 heteroatoms. The van der Waals surface area contributed by atoms with E-state index in [9.17, 15) is 4.79 Å². The Morgan fingerprint density at radius 1 is 1.18 bits per heavy atom. The van der Waals surface area contributed by atoms with Gasteiger partial charge in [-0.25, -0.2) is 4.79 Å². The third-order valence-corrected chi connectivity index (χ3v) is 4.77. The summed E-state index contributed by atoms with van der Waals surface area (Å²) in [6.07, 6.45) is 1.63. The molecular weight excluding hydrogens is 316 g/mol. The van der Waals surface area contributed by atoms with Gasteiger partial charge in [0.15, 0.2) is 0 Å². The van der Waals surface area contributed by atoms with Gasteiger partial charge in [-0.15, -0.1) is 11.3 Å². The molecule has 0 unspecified atom stereocenters. The summed E-state index contributed by atoms with van der Waals surface area (Å²) < 4.78 is 5.37. The van der Waals surface area contributed by atoms with Crippen molar-refractivity contribution in [3.8, 4) is 0 Å². The normalized spacial score (nSPS) is 10.5. The molecule has 0 aliphatic rings. The van der Waals surface area contributed by atoms with E-state index in [1.54, 1.807) is 33.8 Å². The van der Waals surface area contributed by atoms with E-state index in [0.29, 0.717) is 19.6 Å². The molecule has 0 saturated carbocycles. The molecule has 0 aliphatic carbocycles. The second kappa shape index (κ2) is 7.29. The molecule has 0 fully saturated rings. The van der Waals surface area contributed by atoms with Gasteiger partial charge in [-0.2, -0.15) is 11.3 Å². The van der Waals surface area contributed by atoms with E-state index in [-0.39, 0.29) is 6.03 Å². The second-order valence-corrected chi connectivity index (χ2v) is 6.62. The maximum atomic E-state index is 12.5. The van der Waals surface area contributed by atoms with Crippen molar-refractivity contribution < 1.29 is 9.21 Å². The van der Waals surface area contributed by atoms with Crippen LogP contribution >= 0.6 is 22.7 Å². The van der Waals surface area contributed by atoms with Crippen LogP contribution in [0.1, 0.15) is 16.2 Å². The van der Waals surface area contributed by atoms with Crippen molar-refractivity contribution in [2.75, 3.05) is 0 Å². The largest absolute Gasteiger partial charge is 0.467 e. The fraction of sp³-hybridized carbons (Fsp3) is 0.188. The van der Waals surface area contributed by atoms with Crippen LogP contribution in [0.25, 0.3) is 0 Å². The van der Waals surface area contributed by atoms with Gasteiger partial charge in [0.25, 0.3) is 0 Å². The van der Waals surface area contributed by atoms with Gasteiger partial charge in [-0.1, -0.05) is 6.07 Å². The summed E-state index contributed by atoms with van der Waals surface area (Å²) in [4.78, 5) is 15.4. The molecule has 0 spiro atoms. The first-order chi connectivity index (χ1) is 10.8. The highest BCUT2D eigenvalue weighted by Gasteiger charge is 2.16. The van der Waals surface area contributed by atoms with Crippen molar-refractivity contribution in [2.45, 2.75) is 19.6 Å². The standard InChI is InChI=1S/C16H16N2O2S2/c19-16(17-9-15-4-2-7-22-15)18(10-13-5-8-21-12-13)11-14-3-1-6-20-14/h1-8,12H,9-11H2,(H,17,19). The average Bonchev–Trinajstić information content (AvgIpc) is 3.27. The number of amides is 2. The number of hydrogen-bond donors (Lipinski definition) is 1. The first-order valence-corrected chi connectivity index (χ1v) is 8.72. The lowest BCUT2D eigenvalue weighted by Gasteiger charge is -2.21. The summed E-state index contributed by atoms with van der Waals surface area (Å²) in [5, 5.41) is 9.05. The molecule has 3 heterocycles. The monoisotopic (exact) mass is 332 g/mol. The predicted octanol–water partition coefficient (Wildman–Crippen LogP) is 4.31. The Bertz CT molecular complexity index is 640. The van der Waals surface area contributed by atoms with Gasteiger partial charge < -0.3 is 14.6 Å². The Hall–Kier alpha value is -2.05. The number of nitrogens with one attached hydrogen (secondary N) is 1. The number of hydrogen-bond acceptors (Lipinski definition) is 4. The molecule has 3 aromatic rings. The Balaban J connectivity index is 1.64. The number of carbonyl (C=O) groups is 1. The Kier molecular flexibility index (Phi) is 4.92. The summed E-state index contributed by atoms with van der Waals surface area (Å²) in [7, 11) is 0. The van der Waals surface area contributed by atoms with Crippen LogP contribution in [-0.2, 0) is 19.6 Å². The van der Waals surface area contributed by atoms with Crippen LogP contribution in [0, 0.1) is 0 Å². The topological polar surface area (TPSA) is 45.5 Å². The molecule has 3 aromatic heterocycles. The molecule has 114 valence electrons. The SMILES string of the molecule is O=C(NCc1cccs1)N(Cc1ccsc1)Cc1ccco1. The summed E-state index contributed by atoms with van der Waals surface area (Å²) in [6, 6.07) is 9.66. The lowest BCUT2D eigenvalue weighted by molar-refractivity contribution is 0.187. The van der Waals surface area contributed by atoms with Crippen molar-refractivity contribution >= 4 is 28.7 Å². The quantitative estimate of drug-likeness (QED) is 0.731. The van der Waals surface area contributed by atoms with Crippen molar-refractivity contribution in [1.82, 2.24) is 10.2 Å². The number of thiophene rings is 2. The number of carbonyl (C=O) groups excluding carboxylic acids is 1. The van der Waals surface area contributed by atoms with E-state index in [0.717, 1.165) is 16.2 Å². The van der Waals surface area contributed by atoms with E-state index < -0.39 is 0 Å². The van der Waals surface area contributed by atoms with Gasteiger partial charge in [0.05, 0.1) is 19.4 Å². The summed E-state index contributed by atoms with van der Waals surface area (Å²) >= 11 is 3.27. The fourth-order valence-corrected chi connectivity index (χ4v) is 3.39. The highest BCUT2D eigenvalue weighted by Crippen LogP contribution is 2.14. The van der Waals surface area contributed by atoms with Crippen LogP contribution in [-0.4, -0.2) is 10.9 Å². The first kappa shape index (κ1) is 14.9. The lowest BCUT2D eigenvalue weighted by atomic mass is 10.3. The van der Waals surface area contributed by atoms with Crippen molar-refractivity contribution in [3.05, 3.63) is 68.9 Å². The van der Waals surface area contributed by atoms with Crippen LogP contribution in [0.5, 0.6) is 0 Å². The molecule has 22 heavy (non-hydrogen) atoms. The summed E-state index contributed by atoms with van der Waals surface area (Å²) in [6.45, 7) is 1.58. The van der Waals surface area contributed by atoms with E-state index >= 15 is 0 Å². The van der Waals surface area contributed by atoms with Crippen LogP contribution in [0.15, 0.2) is 57.2 Å². The number of nitrogens with zero attached hydrogens (tertiary/aromatic N) is 1. The van der Waals surface area contributed by atoms with Gasteiger partial charge in [-0.05, 0) is 46.0 Å². The average molecular weight is 332 g/mol. The zero-order valence-corrected chi connectivity index (χ0v) is 13.5. The zero-order chi connectivity index (χ0) is 15.2. The molecular formula is C16H16N2O2S2. The Morgan fingerprint density at radius 3 is 2.82 bits per heavy atom. The molecule has 0 saturated heterocycles. The van der Waals surface area contributed by atoms with E-state index in [4.69, 9.17) is 4.42 Å². The molecule has 0 bridgehead atoms. The molecule has 0 radical (unpaired) electrons. The van der Waals surface area contributed by atoms with Gasteiger partial charge in [0.1, 0.15) is 5.76 Å². The second-order valence-electron chi connectivity index (χ2n) is 4.81. The first-order valence-electron chi connectivity index (χ1n) is 6.90. The van der Waals surface area contributed by atoms with Crippen LogP contribution in [0.4, 0.5) is 4.79 Å². The minimum Gasteiger partial charge on any atom is -0.467 e. The minimum atomic E-state index is -0.0870. The minimum absolute atomic E-state index is 0.0870. The maximum Gasteiger partial charge on any atom is 0.318 e. The van der Waals surface area contributed by atoms with Crippen LogP contribution < -0.4 is 5.32 Å². The van der Waals surface area contributed by atoms with Gasteiger partial charge in [0, 0.05) is 11.4 Å². The van der Waals surface area contributed by atoms with E-state index in [1.165, 1.54) is 0 Å². The van der Waals surface area contributed by atoms with Crippen molar-refractivity contribution in [2.24, 2.45) is 0 Å². The highest BCUT2D eigenvalue weighted by atomic mass is 32.1. The molecule has 3 rings (SSSR count). The smallest absolute Gasteiger partial charge is 0.318 e. The molecule has 0 atom stereocenters. The van der Waals surface area contributed by atoms with Gasteiger partial charge in [-0.3, -0.25) is 0 Å².